The van der Waals surface area contributed by atoms with Gasteiger partial charge in [0.05, 0.1) is 12.6 Å². The lowest BCUT2D eigenvalue weighted by Crippen LogP contribution is -2.16. The smallest absolute Gasteiger partial charge is 0.160 e. The van der Waals surface area contributed by atoms with Gasteiger partial charge in [-0.15, -0.1) is 0 Å². The zero-order chi connectivity index (χ0) is 18.8. The van der Waals surface area contributed by atoms with Crippen LogP contribution in [0.2, 0.25) is 5.02 Å². The molecule has 0 saturated carbocycles. The minimum Gasteiger partial charge on any atom is -0.383 e. The van der Waals surface area contributed by atoms with E-state index in [1.807, 2.05) is 6.07 Å². The highest BCUT2D eigenvalue weighted by Crippen LogP contribution is 2.35. The molecule has 3 rings (SSSR count). The third-order valence-electron chi connectivity index (χ3n) is 4.70. The molecule has 6 heteroatoms. The third kappa shape index (κ3) is 3.21. The summed E-state index contributed by atoms with van der Waals surface area (Å²) in [6, 6.07) is 5.11. The molecule has 0 radical (unpaired) electrons. The Balaban J connectivity index is 2.27. The number of fused-ring (bicyclic) bond motifs is 1. The van der Waals surface area contributed by atoms with Crippen molar-refractivity contribution in [2.75, 3.05) is 13.7 Å². The van der Waals surface area contributed by atoms with Crippen LogP contribution in [0, 0.1) is 12.7 Å². The minimum atomic E-state index is -0.282. The zero-order valence-electron chi connectivity index (χ0n) is 15.5. The minimum absolute atomic E-state index is 0.146. The van der Waals surface area contributed by atoms with Gasteiger partial charge in [0.1, 0.15) is 17.2 Å². The van der Waals surface area contributed by atoms with Crippen molar-refractivity contribution in [2.45, 2.75) is 39.7 Å². The van der Waals surface area contributed by atoms with Gasteiger partial charge in [-0.25, -0.2) is 14.4 Å². The van der Waals surface area contributed by atoms with E-state index >= 15 is 0 Å². The molecule has 1 aromatic carbocycles. The average molecular weight is 376 g/mol. The molecule has 1 atom stereocenters. The van der Waals surface area contributed by atoms with Gasteiger partial charge in [0.25, 0.3) is 0 Å². The van der Waals surface area contributed by atoms with Crippen molar-refractivity contribution < 1.29 is 9.13 Å². The second kappa shape index (κ2) is 7.72. The van der Waals surface area contributed by atoms with E-state index < -0.39 is 0 Å². The Morgan fingerprint density at radius 3 is 2.69 bits per heavy atom. The summed E-state index contributed by atoms with van der Waals surface area (Å²) in [5.41, 5.74) is 3.47. The van der Waals surface area contributed by atoms with Gasteiger partial charge in [-0.1, -0.05) is 25.4 Å². The monoisotopic (exact) mass is 375 g/mol. The first-order valence-corrected chi connectivity index (χ1v) is 9.20. The highest BCUT2D eigenvalue weighted by atomic mass is 35.5. The normalized spacial score (nSPS) is 12.7. The molecule has 1 unspecified atom stereocenters. The van der Waals surface area contributed by atoms with Crippen LogP contribution in [0.5, 0.6) is 0 Å². The molecule has 138 valence electrons. The molecule has 2 aromatic heterocycles. The average Bonchev–Trinajstić information content (AvgIpc) is 3.01. The molecule has 26 heavy (non-hydrogen) atoms. The number of hydrogen-bond acceptors (Lipinski definition) is 3. The van der Waals surface area contributed by atoms with E-state index in [0.29, 0.717) is 22.8 Å². The Labute approximate surface area is 158 Å². The van der Waals surface area contributed by atoms with Crippen molar-refractivity contribution in [2.24, 2.45) is 0 Å². The summed E-state index contributed by atoms with van der Waals surface area (Å²) in [7, 11) is 1.70. The fourth-order valence-electron chi connectivity index (χ4n) is 3.31. The van der Waals surface area contributed by atoms with Crippen LogP contribution in [-0.4, -0.2) is 28.3 Å². The summed E-state index contributed by atoms with van der Waals surface area (Å²) in [4.78, 5) is 9.38. The summed E-state index contributed by atoms with van der Waals surface area (Å²) in [6.07, 6.45) is 3.40. The van der Waals surface area contributed by atoms with Gasteiger partial charge in [0, 0.05) is 35.9 Å². The number of halogens is 2. The van der Waals surface area contributed by atoms with Crippen LogP contribution in [0.15, 0.2) is 24.4 Å². The molecule has 3 aromatic rings. The standard InChI is InChI=1S/C20H23ClFN3O/c1-5-13(11-26-4)25-18(6-2)24-19-14(7-8-23-20(19)25)15-10-17(22)12(3)9-16(15)21/h7-10,13H,5-6,11H2,1-4H3. The number of aryl methyl sites for hydroxylation is 2. The fraction of sp³-hybridized carbons (Fsp3) is 0.400. The number of ether oxygens (including phenoxy) is 1. The SMILES string of the molecule is CCc1nc2c(-c3cc(F)c(C)cc3Cl)ccnc2n1C(CC)COC. The summed E-state index contributed by atoms with van der Waals surface area (Å²) in [5, 5.41) is 0.507. The molecule has 0 N–H and O–H groups in total. The first-order valence-electron chi connectivity index (χ1n) is 8.82. The molecule has 4 nitrogen and oxygen atoms in total. The highest BCUT2D eigenvalue weighted by molar-refractivity contribution is 6.33. The predicted molar refractivity (Wildman–Crippen MR) is 103 cm³/mol. The molecule has 0 aliphatic heterocycles. The van der Waals surface area contributed by atoms with E-state index in [1.165, 1.54) is 6.07 Å². The van der Waals surface area contributed by atoms with Gasteiger partial charge >= 0.3 is 0 Å². The second-order valence-corrected chi connectivity index (χ2v) is 6.79. The molecular weight excluding hydrogens is 353 g/mol. The third-order valence-corrected chi connectivity index (χ3v) is 5.01. The van der Waals surface area contributed by atoms with Crippen molar-refractivity contribution in [3.8, 4) is 11.1 Å². The maximum absolute atomic E-state index is 14.2. The van der Waals surface area contributed by atoms with Crippen LogP contribution >= 0.6 is 11.6 Å². The van der Waals surface area contributed by atoms with Crippen molar-refractivity contribution in [3.63, 3.8) is 0 Å². The van der Waals surface area contributed by atoms with E-state index in [4.69, 9.17) is 21.3 Å². The predicted octanol–water partition coefficient (Wildman–Crippen LogP) is 5.36. The number of hydrogen-bond donors (Lipinski definition) is 0. The van der Waals surface area contributed by atoms with Crippen LogP contribution in [0.3, 0.4) is 0 Å². The molecule has 0 amide bonds. The molecule has 0 spiro atoms. The number of rotatable bonds is 6. The van der Waals surface area contributed by atoms with E-state index in [0.717, 1.165) is 35.4 Å². The van der Waals surface area contributed by atoms with Crippen LogP contribution in [0.1, 0.15) is 37.7 Å². The highest BCUT2D eigenvalue weighted by Gasteiger charge is 2.21. The van der Waals surface area contributed by atoms with Gasteiger partial charge in [-0.05, 0) is 37.1 Å². The Bertz CT molecular complexity index is 938. The maximum Gasteiger partial charge on any atom is 0.160 e. The Hall–Kier alpha value is -1.98. The molecule has 0 saturated heterocycles. The van der Waals surface area contributed by atoms with Crippen LogP contribution < -0.4 is 0 Å². The summed E-state index contributed by atoms with van der Waals surface area (Å²) in [6.45, 7) is 6.47. The van der Waals surface area contributed by atoms with Crippen molar-refractivity contribution >= 4 is 22.8 Å². The summed E-state index contributed by atoms with van der Waals surface area (Å²) >= 11 is 6.41. The van der Waals surface area contributed by atoms with Crippen molar-refractivity contribution in [1.82, 2.24) is 14.5 Å². The molecule has 2 heterocycles. The van der Waals surface area contributed by atoms with E-state index in [9.17, 15) is 4.39 Å². The molecule has 0 aliphatic carbocycles. The van der Waals surface area contributed by atoms with Gasteiger partial charge in [0.15, 0.2) is 5.65 Å². The van der Waals surface area contributed by atoms with Gasteiger partial charge in [-0.3, -0.25) is 0 Å². The lowest BCUT2D eigenvalue weighted by molar-refractivity contribution is 0.153. The van der Waals surface area contributed by atoms with Gasteiger partial charge in [-0.2, -0.15) is 0 Å². The molecule has 0 aliphatic rings. The van der Waals surface area contributed by atoms with E-state index in [-0.39, 0.29) is 11.9 Å². The lowest BCUT2D eigenvalue weighted by atomic mass is 10.0. The number of nitrogens with zero attached hydrogens (tertiary/aromatic N) is 3. The van der Waals surface area contributed by atoms with Crippen molar-refractivity contribution in [1.29, 1.82) is 0 Å². The van der Waals surface area contributed by atoms with Crippen LogP contribution in [0.4, 0.5) is 4.39 Å². The molecule has 0 fully saturated rings. The summed E-state index contributed by atoms with van der Waals surface area (Å²) in [5.74, 6) is 0.655. The van der Waals surface area contributed by atoms with Crippen LogP contribution in [0.25, 0.3) is 22.3 Å². The number of aromatic nitrogens is 3. The summed E-state index contributed by atoms with van der Waals surface area (Å²) < 4.78 is 21.7. The van der Waals surface area contributed by atoms with E-state index in [1.54, 1.807) is 26.3 Å². The van der Waals surface area contributed by atoms with Crippen LogP contribution in [-0.2, 0) is 11.2 Å². The van der Waals surface area contributed by atoms with Gasteiger partial charge in [0.2, 0.25) is 0 Å². The maximum atomic E-state index is 14.2. The topological polar surface area (TPSA) is 39.9 Å². The van der Waals surface area contributed by atoms with Crippen molar-refractivity contribution in [3.05, 3.63) is 46.6 Å². The zero-order valence-corrected chi connectivity index (χ0v) is 16.3. The largest absolute Gasteiger partial charge is 0.383 e. The van der Waals surface area contributed by atoms with Gasteiger partial charge < -0.3 is 9.30 Å². The number of methoxy groups -OCH3 is 1. The molecule has 0 bridgehead atoms. The number of imidazole rings is 1. The number of benzene rings is 1. The Morgan fingerprint density at radius 2 is 2.04 bits per heavy atom. The molecular formula is C20H23ClFN3O. The fourth-order valence-corrected chi connectivity index (χ4v) is 3.63. The number of pyridine rings is 1. The van der Waals surface area contributed by atoms with E-state index in [2.05, 4.69) is 23.4 Å². The first-order chi connectivity index (χ1) is 12.5. The first kappa shape index (κ1) is 18.8. The lowest BCUT2D eigenvalue weighted by Gasteiger charge is -2.18. The quantitative estimate of drug-likeness (QED) is 0.582. The second-order valence-electron chi connectivity index (χ2n) is 6.38. The Morgan fingerprint density at radius 1 is 1.27 bits per heavy atom. The Kier molecular flexibility index (Phi) is 5.58.